The van der Waals surface area contributed by atoms with E-state index < -0.39 is 31.6 Å². The summed E-state index contributed by atoms with van der Waals surface area (Å²) in [4.78, 5) is 0. The lowest BCUT2D eigenvalue weighted by molar-refractivity contribution is 0.354. The highest BCUT2D eigenvalue weighted by Crippen LogP contribution is 2.44. The zero-order chi connectivity index (χ0) is 31.8. The molecule has 0 spiro atoms. The number of hydrogen-bond donors (Lipinski definition) is 1. The summed E-state index contributed by atoms with van der Waals surface area (Å²) in [7, 11) is 0.232. The molecule has 2 atom stereocenters. The molecule has 0 heterocycles. The van der Waals surface area contributed by atoms with Crippen LogP contribution in [0.25, 0.3) is 0 Å². The lowest BCUT2D eigenvalue weighted by Gasteiger charge is -2.32. The summed E-state index contributed by atoms with van der Waals surface area (Å²) in [6.07, 6.45) is 0.750. The Morgan fingerprint density at radius 1 is 0.644 bits per heavy atom. The van der Waals surface area contributed by atoms with E-state index in [0.29, 0.717) is 11.5 Å². The molecule has 4 nitrogen and oxygen atoms in total. The SMILES string of the molecule is COc1cc([C@@H](CP(c2ccccc2)c2ccccc2)N[S@@](=O)C(C)(C)C)c(P(c2ccccc2)c2ccccc2)cc1OC. The monoisotopic (exact) mass is 653 g/mol. The third-order valence-electron chi connectivity index (χ3n) is 7.48. The Labute approximate surface area is 273 Å². The fourth-order valence-corrected chi connectivity index (χ4v) is 11.1. The molecule has 0 bridgehead atoms. The fraction of sp³-hybridized carbons (Fsp3) is 0.211. The van der Waals surface area contributed by atoms with Crippen LogP contribution in [0.3, 0.4) is 0 Å². The predicted octanol–water partition coefficient (Wildman–Crippen LogP) is 6.69. The summed E-state index contributed by atoms with van der Waals surface area (Å²) in [5.41, 5.74) is 1.07. The quantitative estimate of drug-likeness (QED) is 0.153. The molecular formula is C38H41NO3P2S. The van der Waals surface area contributed by atoms with Gasteiger partial charge in [0.1, 0.15) is 0 Å². The molecule has 5 aromatic carbocycles. The Morgan fingerprint density at radius 3 is 1.44 bits per heavy atom. The molecule has 0 aliphatic carbocycles. The zero-order valence-electron chi connectivity index (χ0n) is 26.5. The van der Waals surface area contributed by atoms with Crippen LogP contribution in [0.5, 0.6) is 11.5 Å². The first kappa shape index (κ1) is 33.0. The van der Waals surface area contributed by atoms with Gasteiger partial charge in [-0.2, -0.15) is 0 Å². The summed E-state index contributed by atoms with van der Waals surface area (Å²) in [6.45, 7) is 6.04. The average molecular weight is 654 g/mol. The number of ether oxygens (including phenoxy) is 2. The lowest BCUT2D eigenvalue weighted by Crippen LogP contribution is -2.39. The summed E-state index contributed by atoms with van der Waals surface area (Å²) in [6, 6.07) is 46.7. The Bertz CT molecular complexity index is 1600. The van der Waals surface area contributed by atoms with Crippen LogP contribution >= 0.6 is 15.8 Å². The van der Waals surface area contributed by atoms with Crippen molar-refractivity contribution in [3.8, 4) is 11.5 Å². The van der Waals surface area contributed by atoms with Crippen molar-refractivity contribution in [3.63, 3.8) is 0 Å². The van der Waals surface area contributed by atoms with E-state index in [1.54, 1.807) is 14.2 Å². The third-order valence-corrected chi connectivity index (χ3v) is 14.2. The molecular weight excluding hydrogens is 612 g/mol. The Kier molecular flexibility index (Phi) is 11.2. The van der Waals surface area contributed by atoms with Crippen LogP contribution < -0.4 is 40.7 Å². The Morgan fingerprint density at radius 2 is 1.04 bits per heavy atom. The average Bonchev–Trinajstić information content (AvgIpc) is 3.07. The molecule has 0 aromatic heterocycles. The first-order chi connectivity index (χ1) is 21.8. The first-order valence-electron chi connectivity index (χ1n) is 15.0. The highest BCUT2D eigenvalue weighted by atomic mass is 32.2. The minimum atomic E-state index is -1.33. The lowest BCUT2D eigenvalue weighted by atomic mass is 10.1. The summed E-state index contributed by atoms with van der Waals surface area (Å²) >= 11 is 0. The molecule has 0 fully saturated rings. The van der Waals surface area contributed by atoms with Crippen molar-refractivity contribution in [2.75, 3.05) is 20.4 Å². The summed E-state index contributed by atoms with van der Waals surface area (Å²) in [5, 5.41) is 6.18. The maximum absolute atomic E-state index is 14.0. The van der Waals surface area contributed by atoms with Gasteiger partial charge < -0.3 is 9.47 Å². The van der Waals surface area contributed by atoms with Crippen LogP contribution in [0.1, 0.15) is 32.4 Å². The Balaban J connectivity index is 1.76. The zero-order valence-corrected chi connectivity index (χ0v) is 29.1. The number of methoxy groups -OCH3 is 2. The van der Waals surface area contributed by atoms with Gasteiger partial charge >= 0.3 is 0 Å². The molecule has 0 saturated heterocycles. The van der Waals surface area contributed by atoms with Gasteiger partial charge in [0.25, 0.3) is 0 Å². The van der Waals surface area contributed by atoms with Gasteiger partial charge in [-0.05, 0) is 87.0 Å². The van der Waals surface area contributed by atoms with Crippen molar-refractivity contribution in [2.45, 2.75) is 31.6 Å². The largest absolute Gasteiger partial charge is 0.493 e. The van der Waals surface area contributed by atoms with Crippen LogP contribution in [-0.4, -0.2) is 29.3 Å². The van der Waals surface area contributed by atoms with Crippen LogP contribution in [-0.2, 0) is 11.0 Å². The van der Waals surface area contributed by atoms with E-state index in [1.807, 2.05) is 20.8 Å². The number of nitrogens with one attached hydrogen (secondary N) is 1. The van der Waals surface area contributed by atoms with Gasteiger partial charge in [0.05, 0.1) is 30.0 Å². The van der Waals surface area contributed by atoms with E-state index in [0.717, 1.165) is 17.0 Å². The fourth-order valence-electron chi connectivity index (χ4n) is 5.20. The first-order valence-corrected chi connectivity index (χ1v) is 19.0. The second-order valence-electron chi connectivity index (χ2n) is 11.6. The molecule has 45 heavy (non-hydrogen) atoms. The van der Waals surface area contributed by atoms with Crippen molar-refractivity contribution >= 4 is 53.4 Å². The van der Waals surface area contributed by atoms with Gasteiger partial charge in [0.15, 0.2) is 11.5 Å². The van der Waals surface area contributed by atoms with E-state index in [1.165, 1.54) is 21.2 Å². The molecule has 0 aliphatic heterocycles. The van der Waals surface area contributed by atoms with Gasteiger partial charge in [-0.15, -0.1) is 0 Å². The molecule has 0 radical (unpaired) electrons. The number of rotatable bonds is 12. The minimum Gasteiger partial charge on any atom is -0.493 e. The number of hydrogen-bond acceptors (Lipinski definition) is 3. The molecule has 232 valence electrons. The molecule has 1 N–H and O–H groups in total. The normalized spacial score (nSPS) is 13.0. The molecule has 5 aromatic rings. The van der Waals surface area contributed by atoms with Gasteiger partial charge in [-0.25, -0.2) is 8.93 Å². The molecule has 0 aliphatic rings. The van der Waals surface area contributed by atoms with Crippen molar-refractivity contribution < 1.29 is 13.7 Å². The van der Waals surface area contributed by atoms with Gasteiger partial charge in [-0.3, -0.25) is 0 Å². The third kappa shape index (κ3) is 8.10. The molecule has 5 rings (SSSR count). The molecule has 0 unspecified atom stereocenters. The highest BCUT2D eigenvalue weighted by Gasteiger charge is 2.32. The van der Waals surface area contributed by atoms with Crippen LogP contribution in [0, 0.1) is 0 Å². The second-order valence-corrected chi connectivity index (χ2v) is 18.0. The van der Waals surface area contributed by atoms with Crippen LogP contribution in [0.15, 0.2) is 133 Å². The van der Waals surface area contributed by atoms with E-state index in [4.69, 9.17) is 9.47 Å². The van der Waals surface area contributed by atoms with Gasteiger partial charge in [0, 0.05) is 6.04 Å². The Hall–Kier alpha value is -3.33. The van der Waals surface area contributed by atoms with E-state index in [-0.39, 0.29) is 6.04 Å². The van der Waals surface area contributed by atoms with Crippen LogP contribution in [0.4, 0.5) is 0 Å². The summed E-state index contributed by atoms with van der Waals surface area (Å²) in [5.74, 6) is 1.34. The van der Waals surface area contributed by atoms with E-state index in [2.05, 4.69) is 138 Å². The maximum atomic E-state index is 14.0. The topological polar surface area (TPSA) is 47.6 Å². The van der Waals surface area contributed by atoms with Crippen molar-refractivity contribution in [1.82, 2.24) is 4.72 Å². The molecule has 0 amide bonds. The second kappa shape index (κ2) is 15.3. The molecule has 7 heteroatoms. The van der Waals surface area contributed by atoms with Crippen LogP contribution in [0.2, 0.25) is 0 Å². The minimum absolute atomic E-state index is 0.246. The van der Waals surface area contributed by atoms with E-state index in [9.17, 15) is 4.21 Å². The number of benzene rings is 5. The van der Waals surface area contributed by atoms with Crippen molar-refractivity contribution in [1.29, 1.82) is 0 Å². The van der Waals surface area contributed by atoms with Gasteiger partial charge in [0.2, 0.25) is 0 Å². The smallest absolute Gasteiger partial charge is 0.161 e. The standard InChI is InChI=1S/C38H41NO3P2S/c1-38(2,3)45(40)39-34(28-43(29-18-10-6-11-19-29)30-20-12-7-13-21-30)33-26-35(41-4)36(42-5)27-37(33)44(31-22-14-8-15-23-31)32-24-16-9-17-25-32/h6-27,34,39H,28H2,1-5H3/t34-,45+/m1/s1. The molecule has 0 saturated carbocycles. The maximum Gasteiger partial charge on any atom is 0.161 e. The highest BCUT2D eigenvalue weighted by molar-refractivity contribution is 7.84. The van der Waals surface area contributed by atoms with Gasteiger partial charge in [-0.1, -0.05) is 121 Å². The predicted molar refractivity (Wildman–Crippen MR) is 196 cm³/mol. The van der Waals surface area contributed by atoms with E-state index >= 15 is 0 Å². The summed E-state index contributed by atoms with van der Waals surface area (Å²) < 4.78 is 28.9. The van der Waals surface area contributed by atoms with Crippen molar-refractivity contribution in [2.24, 2.45) is 0 Å². The van der Waals surface area contributed by atoms with Crippen molar-refractivity contribution in [3.05, 3.63) is 139 Å².